The Morgan fingerprint density at radius 3 is 2.30 bits per heavy atom. The summed E-state index contributed by atoms with van der Waals surface area (Å²) in [5, 5.41) is 0. The number of esters is 1. The number of amides is 1. The Hall–Kier alpha value is -1.88. The smallest absolute Gasteiger partial charge is 0.325 e. The number of carbonyl (C=O) groups excluding carboxylic acids is 2. The molecule has 0 bridgehead atoms. The van der Waals surface area contributed by atoms with E-state index >= 15 is 0 Å². The first kappa shape index (κ1) is 16.2. The number of hydrogen-bond acceptors (Lipinski definition) is 4. The largest absolute Gasteiger partial charge is 0.468 e. The fourth-order valence-electron chi connectivity index (χ4n) is 1.90. The van der Waals surface area contributed by atoms with Gasteiger partial charge in [-0.3, -0.25) is 9.59 Å². The van der Waals surface area contributed by atoms with Crippen LogP contribution in [0.15, 0.2) is 30.3 Å². The van der Waals surface area contributed by atoms with Gasteiger partial charge in [0.15, 0.2) is 0 Å². The van der Waals surface area contributed by atoms with Crippen molar-refractivity contribution in [2.45, 2.75) is 32.4 Å². The second kappa shape index (κ2) is 6.52. The molecule has 0 heterocycles. The first-order chi connectivity index (χ1) is 9.30. The van der Waals surface area contributed by atoms with E-state index in [-0.39, 0.29) is 18.5 Å². The fraction of sp³-hybridized carbons (Fsp3) is 0.467. The van der Waals surface area contributed by atoms with Crippen molar-refractivity contribution >= 4 is 11.9 Å². The molecule has 1 aromatic carbocycles. The topological polar surface area (TPSA) is 72.6 Å². The zero-order valence-corrected chi connectivity index (χ0v) is 12.4. The molecule has 0 aliphatic rings. The van der Waals surface area contributed by atoms with E-state index in [1.165, 1.54) is 12.0 Å². The van der Waals surface area contributed by atoms with Crippen molar-refractivity contribution < 1.29 is 14.3 Å². The Kier molecular flexibility index (Phi) is 5.27. The maximum atomic E-state index is 12.7. The minimum absolute atomic E-state index is 0.105. The van der Waals surface area contributed by atoms with Gasteiger partial charge in [-0.2, -0.15) is 0 Å². The maximum Gasteiger partial charge on any atom is 0.325 e. The molecule has 0 radical (unpaired) electrons. The van der Waals surface area contributed by atoms with Gasteiger partial charge in [-0.05, 0) is 26.3 Å². The van der Waals surface area contributed by atoms with Crippen LogP contribution in [0.25, 0.3) is 0 Å². The summed E-state index contributed by atoms with van der Waals surface area (Å²) in [6.45, 7) is 5.22. The molecule has 5 heteroatoms. The van der Waals surface area contributed by atoms with Crippen molar-refractivity contribution in [2.75, 3.05) is 13.7 Å². The van der Waals surface area contributed by atoms with Crippen LogP contribution in [-0.4, -0.2) is 36.5 Å². The number of nitrogens with two attached hydrogens (primary N) is 1. The van der Waals surface area contributed by atoms with Crippen molar-refractivity contribution in [3.63, 3.8) is 0 Å². The number of ether oxygens (including phenoxy) is 1. The number of carbonyl (C=O) groups is 2. The highest BCUT2D eigenvalue weighted by atomic mass is 16.5. The number of hydrogen-bond donors (Lipinski definition) is 1. The van der Waals surface area contributed by atoms with Gasteiger partial charge < -0.3 is 15.4 Å². The SMILES string of the molecule is COC(=O)CN(C(=O)C(C)(N)c1ccccc1)C(C)C. The van der Waals surface area contributed by atoms with Crippen molar-refractivity contribution in [1.29, 1.82) is 0 Å². The summed E-state index contributed by atoms with van der Waals surface area (Å²) in [5.41, 5.74) is 5.72. The number of nitrogens with zero attached hydrogens (tertiary/aromatic N) is 1. The van der Waals surface area contributed by atoms with Gasteiger partial charge in [0, 0.05) is 6.04 Å². The Morgan fingerprint density at radius 2 is 1.85 bits per heavy atom. The Labute approximate surface area is 119 Å². The maximum absolute atomic E-state index is 12.7. The molecule has 0 aliphatic carbocycles. The van der Waals surface area contributed by atoms with Gasteiger partial charge in [0.2, 0.25) is 5.91 Å². The van der Waals surface area contributed by atoms with E-state index in [0.717, 1.165) is 0 Å². The highest BCUT2D eigenvalue weighted by Gasteiger charge is 2.36. The first-order valence-corrected chi connectivity index (χ1v) is 6.53. The van der Waals surface area contributed by atoms with Gasteiger partial charge in [0.1, 0.15) is 12.1 Å². The molecular formula is C15H22N2O3. The van der Waals surface area contributed by atoms with E-state index in [0.29, 0.717) is 5.56 Å². The van der Waals surface area contributed by atoms with Gasteiger partial charge in [0.05, 0.1) is 7.11 Å². The molecule has 0 spiro atoms. The summed E-state index contributed by atoms with van der Waals surface area (Å²) in [6.07, 6.45) is 0. The second-order valence-corrected chi connectivity index (χ2v) is 5.17. The van der Waals surface area contributed by atoms with Crippen LogP contribution in [0, 0.1) is 0 Å². The van der Waals surface area contributed by atoms with E-state index in [4.69, 9.17) is 5.73 Å². The van der Waals surface area contributed by atoms with Gasteiger partial charge in [0.25, 0.3) is 0 Å². The molecule has 0 aliphatic heterocycles. The van der Waals surface area contributed by atoms with E-state index in [2.05, 4.69) is 4.74 Å². The van der Waals surface area contributed by atoms with Gasteiger partial charge in [-0.15, -0.1) is 0 Å². The van der Waals surface area contributed by atoms with Crippen LogP contribution in [-0.2, 0) is 19.9 Å². The third-order valence-corrected chi connectivity index (χ3v) is 3.23. The lowest BCUT2D eigenvalue weighted by Gasteiger charge is -2.34. The molecule has 0 aromatic heterocycles. The summed E-state index contributed by atoms with van der Waals surface area (Å²) in [5.74, 6) is -0.764. The molecule has 20 heavy (non-hydrogen) atoms. The molecule has 0 fully saturated rings. The first-order valence-electron chi connectivity index (χ1n) is 6.53. The Bertz CT molecular complexity index is 469. The summed E-state index contributed by atoms with van der Waals surface area (Å²) < 4.78 is 4.63. The molecular weight excluding hydrogens is 256 g/mol. The molecule has 1 aromatic rings. The quantitative estimate of drug-likeness (QED) is 0.823. The van der Waals surface area contributed by atoms with E-state index in [9.17, 15) is 9.59 Å². The molecule has 0 saturated carbocycles. The van der Waals surface area contributed by atoms with Crippen LogP contribution in [0.1, 0.15) is 26.3 Å². The molecule has 0 saturated heterocycles. The average Bonchev–Trinajstić information content (AvgIpc) is 2.44. The normalized spacial score (nSPS) is 13.7. The standard InChI is InChI=1S/C15H22N2O3/c1-11(2)17(10-13(18)20-4)14(19)15(3,16)12-8-6-5-7-9-12/h5-9,11H,10,16H2,1-4H3. The second-order valence-electron chi connectivity index (χ2n) is 5.17. The van der Waals surface area contributed by atoms with E-state index < -0.39 is 11.5 Å². The van der Waals surface area contributed by atoms with Gasteiger partial charge in [-0.25, -0.2) is 0 Å². The van der Waals surface area contributed by atoms with Crippen molar-refractivity contribution in [3.05, 3.63) is 35.9 Å². The van der Waals surface area contributed by atoms with Gasteiger partial charge >= 0.3 is 5.97 Å². The predicted octanol–water partition coefficient (Wildman–Crippen LogP) is 1.27. The van der Waals surface area contributed by atoms with Crippen LogP contribution in [0.3, 0.4) is 0 Å². The highest BCUT2D eigenvalue weighted by molar-refractivity contribution is 5.90. The zero-order chi connectivity index (χ0) is 15.3. The third kappa shape index (κ3) is 3.57. The Morgan fingerprint density at radius 1 is 1.30 bits per heavy atom. The van der Waals surface area contributed by atoms with Crippen LogP contribution >= 0.6 is 0 Å². The molecule has 1 rings (SSSR count). The Balaban J connectivity index is 3.02. The zero-order valence-electron chi connectivity index (χ0n) is 12.4. The monoisotopic (exact) mass is 278 g/mol. The number of methoxy groups -OCH3 is 1. The van der Waals surface area contributed by atoms with Crippen LogP contribution in [0.2, 0.25) is 0 Å². The van der Waals surface area contributed by atoms with Crippen molar-refractivity contribution in [2.24, 2.45) is 5.73 Å². The van der Waals surface area contributed by atoms with Crippen LogP contribution < -0.4 is 5.73 Å². The molecule has 110 valence electrons. The molecule has 1 amide bonds. The van der Waals surface area contributed by atoms with Gasteiger partial charge in [-0.1, -0.05) is 30.3 Å². The molecule has 5 nitrogen and oxygen atoms in total. The molecule has 1 atom stereocenters. The van der Waals surface area contributed by atoms with E-state index in [1.807, 2.05) is 32.0 Å². The minimum atomic E-state index is -1.18. The van der Waals surface area contributed by atoms with Crippen LogP contribution in [0.4, 0.5) is 0 Å². The van der Waals surface area contributed by atoms with E-state index in [1.54, 1.807) is 19.1 Å². The third-order valence-electron chi connectivity index (χ3n) is 3.23. The van der Waals surface area contributed by atoms with Crippen molar-refractivity contribution in [1.82, 2.24) is 4.90 Å². The lowest BCUT2D eigenvalue weighted by atomic mass is 9.91. The summed E-state index contributed by atoms with van der Waals surface area (Å²) in [4.78, 5) is 25.5. The highest BCUT2D eigenvalue weighted by Crippen LogP contribution is 2.21. The lowest BCUT2D eigenvalue weighted by Crippen LogP contribution is -2.54. The number of benzene rings is 1. The molecule has 1 unspecified atom stereocenters. The summed E-state index contributed by atoms with van der Waals surface area (Å²) >= 11 is 0. The lowest BCUT2D eigenvalue weighted by molar-refractivity contribution is -0.150. The number of rotatable bonds is 5. The summed E-state index contributed by atoms with van der Waals surface area (Å²) in [6, 6.07) is 8.97. The predicted molar refractivity (Wildman–Crippen MR) is 76.8 cm³/mol. The van der Waals surface area contributed by atoms with Crippen LogP contribution in [0.5, 0.6) is 0 Å². The summed E-state index contributed by atoms with van der Waals surface area (Å²) in [7, 11) is 1.30. The minimum Gasteiger partial charge on any atom is -0.468 e. The molecule has 2 N–H and O–H groups in total. The fourth-order valence-corrected chi connectivity index (χ4v) is 1.90. The average molecular weight is 278 g/mol. The van der Waals surface area contributed by atoms with Crippen molar-refractivity contribution in [3.8, 4) is 0 Å².